The SMILES string of the molecule is CN(C)c1c([N+](=O)[O-])ccc2nc3ccccc3[n+]([O-])c12. The lowest BCUT2D eigenvalue weighted by Gasteiger charge is -2.15. The molecule has 3 rings (SSSR count). The Morgan fingerprint density at radius 3 is 2.52 bits per heavy atom. The second kappa shape index (κ2) is 4.55. The fraction of sp³-hybridized carbons (Fsp3) is 0.143. The van der Waals surface area contributed by atoms with Gasteiger partial charge < -0.3 is 10.1 Å². The van der Waals surface area contributed by atoms with E-state index in [2.05, 4.69) is 4.98 Å². The zero-order chi connectivity index (χ0) is 15.1. The maximum absolute atomic E-state index is 12.6. The van der Waals surface area contributed by atoms with Crippen LogP contribution in [0.1, 0.15) is 0 Å². The number of nitro groups is 1. The van der Waals surface area contributed by atoms with Gasteiger partial charge >= 0.3 is 0 Å². The van der Waals surface area contributed by atoms with Crippen molar-refractivity contribution in [2.24, 2.45) is 0 Å². The smallest absolute Gasteiger partial charge is 0.299 e. The molecule has 0 saturated heterocycles. The number of hydrogen-bond donors (Lipinski definition) is 0. The molecule has 0 fully saturated rings. The highest BCUT2D eigenvalue weighted by Gasteiger charge is 2.26. The van der Waals surface area contributed by atoms with E-state index in [1.807, 2.05) is 0 Å². The molecule has 0 bridgehead atoms. The Morgan fingerprint density at radius 1 is 1.14 bits per heavy atom. The average molecular weight is 284 g/mol. The van der Waals surface area contributed by atoms with Crippen LogP contribution in [0.15, 0.2) is 36.4 Å². The van der Waals surface area contributed by atoms with E-state index in [0.29, 0.717) is 21.3 Å². The predicted molar refractivity (Wildman–Crippen MR) is 79.2 cm³/mol. The minimum atomic E-state index is -0.496. The number of nitrogens with zero attached hydrogens (tertiary/aromatic N) is 4. The number of rotatable bonds is 2. The van der Waals surface area contributed by atoms with E-state index in [9.17, 15) is 15.3 Å². The average Bonchev–Trinajstić information content (AvgIpc) is 2.46. The minimum absolute atomic E-state index is 0.116. The maximum atomic E-state index is 12.6. The van der Waals surface area contributed by atoms with Crippen molar-refractivity contribution >= 4 is 33.4 Å². The molecule has 0 aliphatic carbocycles. The van der Waals surface area contributed by atoms with Gasteiger partial charge in [-0.3, -0.25) is 10.1 Å². The van der Waals surface area contributed by atoms with Crippen LogP contribution in [0.4, 0.5) is 11.4 Å². The van der Waals surface area contributed by atoms with Gasteiger partial charge in [-0.05, 0) is 12.1 Å². The fourth-order valence-electron chi connectivity index (χ4n) is 2.42. The molecule has 0 saturated carbocycles. The van der Waals surface area contributed by atoms with Gasteiger partial charge in [0.2, 0.25) is 5.52 Å². The second-order valence-electron chi connectivity index (χ2n) is 4.85. The van der Waals surface area contributed by atoms with E-state index in [1.54, 1.807) is 43.3 Å². The number of para-hydroxylation sites is 2. The lowest BCUT2D eigenvalue weighted by molar-refractivity contribution is -0.547. The third-order valence-corrected chi connectivity index (χ3v) is 3.30. The van der Waals surface area contributed by atoms with Crippen molar-refractivity contribution in [2.75, 3.05) is 19.0 Å². The second-order valence-corrected chi connectivity index (χ2v) is 4.85. The first kappa shape index (κ1) is 13.0. The summed E-state index contributed by atoms with van der Waals surface area (Å²) >= 11 is 0. The Labute approximate surface area is 119 Å². The van der Waals surface area contributed by atoms with Gasteiger partial charge in [0.25, 0.3) is 11.2 Å². The number of hydrogen-bond acceptors (Lipinski definition) is 5. The largest absolute Gasteiger partial charge is 0.618 e. The van der Waals surface area contributed by atoms with Crippen molar-refractivity contribution in [1.29, 1.82) is 0 Å². The zero-order valence-electron chi connectivity index (χ0n) is 11.5. The van der Waals surface area contributed by atoms with Crippen LogP contribution in [0, 0.1) is 15.3 Å². The van der Waals surface area contributed by atoms with Crippen molar-refractivity contribution in [3.8, 4) is 0 Å². The highest BCUT2D eigenvalue weighted by molar-refractivity contribution is 5.94. The van der Waals surface area contributed by atoms with Crippen LogP contribution in [0.25, 0.3) is 22.1 Å². The summed E-state index contributed by atoms with van der Waals surface area (Å²) in [5.74, 6) is 0. The lowest BCUT2D eigenvalue weighted by Crippen LogP contribution is -2.31. The fourth-order valence-corrected chi connectivity index (χ4v) is 2.42. The minimum Gasteiger partial charge on any atom is -0.618 e. The molecule has 1 heterocycles. The van der Waals surface area contributed by atoms with Gasteiger partial charge in [0.05, 0.1) is 4.92 Å². The number of benzene rings is 2. The summed E-state index contributed by atoms with van der Waals surface area (Å²) in [5, 5.41) is 23.8. The molecular formula is C14H12N4O3. The first-order valence-electron chi connectivity index (χ1n) is 6.27. The van der Waals surface area contributed by atoms with E-state index < -0.39 is 4.92 Å². The summed E-state index contributed by atoms with van der Waals surface area (Å²) in [4.78, 5) is 16.7. The summed E-state index contributed by atoms with van der Waals surface area (Å²) in [6.07, 6.45) is 0. The van der Waals surface area contributed by atoms with Crippen LogP contribution >= 0.6 is 0 Å². The standard InChI is InChI=1S/C14H12N4O3/c1-16(2)14-12(18(20)21)8-7-10-13(14)17(19)11-6-4-3-5-9(11)15-10/h3-8H,1-2H3. The first-order valence-corrected chi connectivity index (χ1v) is 6.27. The van der Waals surface area contributed by atoms with E-state index in [-0.39, 0.29) is 16.9 Å². The molecule has 1 aromatic heterocycles. The summed E-state index contributed by atoms with van der Waals surface area (Å²) in [7, 11) is 3.33. The Balaban J connectivity index is 2.55. The Kier molecular flexibility index (Phi) is 2.83. The first-order chi connectivity index (χ1) is 10.0. The van der Waals surface area contributed by atoms with Crippen LogP contribution in [0.2, 0.25) is 0 Å². The van der Waals surface area contributed by atoms with Crippen LogP contribution in [-0.4, -0.2) is 24.0 Å². The quantitative estimate of drug-likeness (QED) is 0.236. The molecule has 2 aromatic carbocycles. The molecule has 3 aromatic rings. The lowest BCUT2D eigenvalue weighted by atomic mass is 10.2. The number of anilines is 1. The van der Waals surface area contributed by atoms with Crippen molar-refractivity contribution in [2.45, 2.75) is 0 Å². The van der Waals surface area contributed by atoms with Crippen LogP contribution in [0.3, 0.4) is 0 Å². The monoisotopic (exact) mass is 284 g/mol. The van der Waals surface area contributed by atoms with E-state index in [4.69, 9.17) is 0 Å². The normalized spacial score (nSPS) is 11.0. The Bertz CT molecular complexity index is 877. The molecule has 0 unspecified atom stereocenters. The molecule has 106 valence electrons. The van der Waals surface area contributed by atoms with Gasteiger partial charge in [-0.25, -0.2) is 4.98 Å². The molecular weight excluding hydrogens is 272 g/mol. The van der Waals surface area contributed by atoms with Gasteiger partial charge in [-0.1, -0.05) is 12.1 Å². The van der Waals surface area contributed by atoms with Crippen molar-refractivity contribution in [3.05, 3.63) is 51.7 Å². The molecule has 0 spiro atoms. The number of fused-ring (bicyclic) bond motifs is 2. The van der Waals surface area contributed by atoms with E-state index in [1.165, 1.54) is 12.1 Å². The van der Waals surface area contributed by atoms with E-state index in [0.717, 1.165) is 0 Å². The molecule has 0 amide bonds. The molecule has 0 N–H and O–H groups in total. The highest BCUT2D eigenvalue weighted by atomic mass is 16.6. The third kappa shape index (κ3) is 1.90. The van der Waals surface area contributed by atoms with E-state index >= 15 is 0 Å². The Morgan fingerprint density at radius 2 is 1.86 bits per heavy atom. The van der Waals surface area contributed by atoms with Gasteiger partial charge in [0.15, 0.2) is 5.69 Å². The van der Waals surface area contributed by atoms with Gasteiger partial charge in [0, 0.05) is 26.2 Å². The predicted octanol–water partition coefficient (Wildman–Crippen LogP) is 2.00. The summed E-state index contributed by atoms with van der Waals surface area (Å²) in [6, 6.07) is 9.78. The topological polar surface area (TPSA) is 86.2 Å². The zero-order valence-corrected chi connectivity index (χ0v) is 11.5. The van der Waals surface area contributed by atoms with Crippen molar-refractivity contribution in [1.82, 2.24) is 4.98 Å². The molecule has 0 radical (unpaired) electrons. The van der Waals surface area contributed by atoms with Gasteiger partial charge in [0.1, 0.15) is 11.0 Å². The molecule has 0 aliphatic heterocycles. The molecule has 0 aliphatic rings. The van der Waals surface area contributed by atoms with Gasteiger partial charge in [-0.2, -0.15) is 4.73 Å². The van der Waals surface area contributed by atoms with Crippen molar-refractivity contribution in [3.63, 3.8) is 0 Å². The third-order valence-electron chi connectivity index (χ3n) is 3.30. The number of nitro benzene ring substituents is 1. The summed E-state index contributed by atoms with van der Waals surface area (Å²) in [5.41, 5.74) is 1.71. The summed E-state index contributed by atoms with van der Waals surface area (Å²) < 4.78 is 0.708. The molecule has 7 nitrogen and oxygen atoms in total. The Hall–Kier alpha value is -2.96. The number of aromatic nitrogens is 2. The molecule has 7 heteroatoms. The maximum Gasteiger partial charge on any atom is 0.299 e. The molecule has 0 atom stereocenters. The molecule has 21 heavy (non-hydrogen) atoms. The van der Waals surface area contributed by atoms with Crippen LogP contribution in [-0.2, 0) is 0 Å². The highest BCUT2D eigenvalue weighted by Crippen LogP contribution is 2.33. The van der Waals surface area contributed by atoms with Crippen LogP contribution in [0.5, 0.6) is 0 Å². The summed E-state index contributed by atoms with van der Waals surface area (Å²) in [6.45, 7) is 0. The van der Waals surface area contributed by atoms with Gasteiger partial charge in [-0.15, -0.1) is 0 Å². The van der Waals surface area contributed by atoms with Crippen molar-refractivity contribution < 1.29 is 9.65 Å². The van der Waals surface area contributed by atoms with Crippen LogP contribution < -0.4 is 9.63 Å².